The van der Waals surface area contributed by atoms with E-state index >= 15 is 0 Å². The Morgan fingerprint density at radius 2 is 1.75 bits per heavy atom. The Balaban J connectivity index is 2.46. The van der Waals surface area contributed by atoms with Crippen molar-refractivity contribution in [2.75, 3.05) is 0 Å². The number of Topliss-reactive ketones (excluding diaryl/α,β-unsaturated/α-hetero) is 1. The summed E-state index contributed by atoms with van der Waals surface area (Å²) in [5.74, 6) is 1.19. The fourth-order valence-corrected chi connectivity index (χ4v) is 2.13. The zero-order valence-corrected chi connectivity index (χ0v) is 11.7. The highest BCUT2D eigenvalue weighted by Crippen LogP contribution is 2.31. The van der Waals surface area contributed by atoms with Crippen LogP contribution in [0.3, 0.4) is 0 Å². The van der Waals surface area contributed by atoms with Crippen molar-refractivity contribution in [3.05, 3.63) is 58.7 Å². The highest BCUT2D eigenvalue weighted by Gasteiger charge is 2.12. The Kier molecular flexibility index (Phi) is 3.86. The average Bonchev–Trinajstić information content (AvgIpc) is 2.42. The molecule has 0 radical (unpaired) electrons. The van der Waals surface area contributed by atoms with Gasteiger partial charge in [-0.2, -0.15) is 5.26 Å². The fraction of sp³-hybridized carbons (Fsp3) is 0.176. The number of benzene rings is 2. The van der Waals surface area contributed by atoms with Gasteiger partial charge in [-0.15, -0.1) is 0 Å². The average molecular weight is 265 g/mol. The summed E-state index contributed by atoms with van der Waals surface area (Å²) in [6.45, 7) is 5.29. The molecule has 0 N–H and O–H groups in total. The van der Waals surface area contributed by atoms with Gasteiger partial charge in [-0.1, -0.05) is 12.1 Å². The summed E-state index contributed by atoms with van der Waals surface area (Å²) >= 11 is 0. The molecule has 0 unspecified atom stereocenters. The normalized spacial score (nSPS) is 9.90. The van der Waals surface area contributed by atoms with Crippen molar-refractivity contribution in [1.29, 1.82) is 5.26 Å². The molecule has 0 atom stereocenters. The van der Waals surface area contributed by atoms with Crippen molar-refractivity contribution in [3.8, 4) is 17.6 Å². The molecule has 0 bridgehead atoms. The molecule has 2 aromatic rings. The van der Waals surface area contributed by atoms with Gasteiger partial charge in [0.15, 0.2) is 5.78 Å². The van der Waals surface area contributed by atoms with Crippen molar-refractivity contribution >= 4 is 5.78 Å². The van der Waals surface area contributed by atoms with Crippen LogP contribution in [0, 0.1) is 25.2 Å². The van der Waals surface area contributed by atoms with Crippen molar-refractivity contribution in [1.82, 2.24) is 0 Å². The van der Waals surface area contributed by atoms with E-state index in [1.54, 1.807) is 24.3 Å². The van der Waals surface area contributed by atoms with Crippen LogP contribution in [-0.2, 0) is 0 Å². The lowest BCUT2D eigenvalue weighted by atomic mass is 10.1. The molecule has 0 saturated carbocycles. The van der Waals surface area contributed by atoms with Gasteiger partial charge in [-0.3, -0.25) is 4.79 Å². The molecular formula is C17H15NO2. The molecule has 0 saturated heterocycles. The Morgan fingerprint density at radius 1 is 1.15 bits per heavy atom. The van der Waals surface area contributed by atoms with Crippen molar-refractivity contribution in [3.63, 3.8) is 0 Å². The van der Waals surface area contributed by atoms with Crippen LogP contribution in [0.4, 0.5) is 0 Å². The minimum absolute atomic E-state index is 0.0375. The largest absolute Gasteiger partial charge is 0.456 e. The SMILES string of the molecule is CC(=O)c1ccccc1Oc1c(C)cc(C#N)cc1C. The number of hydrogen-bond donors (Lipinski definition) is 0. The summed E-state index contributed by atoms with van der Waals surface area (Å²) in [6, 6.07) is 12.8. The number of hydrogen-bond acceptors (Lipinski definition) is 3. The molecular weight excluding hydrogens is 250 g/mol. The molecule has 100 valence electrons. The smallest absolute Gasteiger partial charge is 0.163 e. The van der Waals surface area contributed by atoms with Crippen LogP contribution in [0.1, 0.15) is 34.0 Å². The third-order valence-electron chi connectivity index (χ3n) is 3.07. The lowest BCUT2D eigenvalue weighted by Crippen LogP contribution is -1.99. The second kappa shape index (κ2) is 5.58. The molecule has 0 amide bonds. The molecule has 2 aromatic carbocycles. The third kappa shape index (κ3) is 2.70. The van der Waals surface area contributed by atoms with E-state index in [1.165, 1.54) is 6.92 Å². The van der Waals surface area contributed by atoms with Gasteiger partial charge in [0.2, 0.25) is 0 Å². The van der Waals surface area contributed by atoms with E-state index in [-0.39, 0.29) is 5.78 Å². The Morgan fingerprint density at radius 3 is 2.30 bits per heavy atom. The minimum atomic E-state index is -0.0375. The Hall–Kier alpha value is -2.60. The topological polar surface area (TPSA) is 50.1 Å². The molecule has 0 aromatic heterocycles. The lowest BCUT2D eigenvalue weighted by Gasteiger charge is -2.14. The first-order valence-corrected chi connectivity index (χ1v) is 6.32. The molecule has 0 aliphatic carbocycles. The second-order valence-corrected chi connectivity index (χ2v) is 4.71. The number of para-hydroxylation sites is 1. The van der Waals surface area contributed by atoms with Crippen LogP contribution >= 0.6 is 0 Å². The number of rotatable bonds is 3. The first-order chi connectivity index (χ1) is 9.52. The van der Waals surface area contributed by atoms with Gasteiger partial charge in [-0.25, -0.2) is 0 Å². The van der Waals surface area contributed by atoms with E-state index in [2.05, 4.69) is 6.07 Å². The highest BCUT2D eigenvalue weighted by molar-refractivity contribution is 5.96. The number of carbonyl (C=O) groups excluding carboxylic acids is 1. The number of ether oxygens (including phenoxy) is 1. The Bertz CT molecular complexity index is 688. The van der Waals surface area contributed by atoms with E-state index in [4.69, 9.17) is 10.00 Å². The highest BCUT2D eigenvalue weighted by atomic mass is 16.5. The molecule has 0 heterocycles. The zero-order valence-electron chi connectivity index (χ0n) is 11.7. The monoisotopic (exact) mass is 265 g/mol. The van der Waals surface area contributed by atoms with E-state index in [0.717, 1.165) is 11.1 Å². The predicted molar refractivity (Wildman–Crippen MR) is 77.2 cm³/mol. The molecule has 0 aliphatic rings. The fourth-order valence-electron chi connectivity index (χ4n) is 2.13. The van der Waals surface area contributed by atoms with Gasteiger partial charge in [0.1, 0.15) is 11.5 Å². The maximum atomic E-state index is 11.6. The summed E-state index contributed by atoms with van der Waals surface area (Å²) in [6.07, 6.45) is 0. The zero-order chi connectivity index (χ0) is 14.7. The first kappa shape index (κ1) is 13.8. The summed E-state index contributed by atoms with van der Waals surface area (Å²) in [5.41, 5.74) is 2.91. The number of aryl methyl sites for hydroxylation is 2. The summed E-state index contributed by atoms with van der Waals surface area (Å²) in [4.78, 5) is 11.6. The second-order valence-electron chi connectivity index (χ2n) is 4.71. The molecule has 20 heavy (non-hydrogen) atoms. The maximum absolute atomic E-state index is 11.6. The van der Waals surface area contributed by atoms with Crippen molar-refractivity contribution < 1.29 is 9.53 Å². The van der Waals surface area contributed by atoms with Crippen LogP contribution in [0.15, 0.2) is 36.4 Å². The van der Waals surface area contributed by atoms with Crippen molar-refractivity contribution in [2.24, 2.45) is 0 Å². The standard InChI is InChI=1S/C17H15NO2/c1-11-8-14(10-18)9-12(2)17(11)20-16-7-5-4-6-15(16)13(3)19/h4-9H,1-3H3. The van der Waals surface area contributed by atoms with E-state index in [1.807, 2.05) is 26.0 Å². The van der Waals surface area contributed by atoms with Crippen LogP contribution in [0.25, 0.3) is 0 Å². The minimum Gasteiger partial charge on any atom is -0.456 e. The van der Waals surface area contributed by atoms with Gasteiger partial charge >= 0.3 is 0 Å². The van der Waals surface area contributed by atoms with Crippen LogP contribution in [0.2, 0.25) is 0 Å². The number of carbonyl (C=O) groups is 1. The molecule has 0 aliphatic heterocycles. The van der Waals surface area contributed by atoms with E-state index < -0.39 is 0 Å². The number of ketones is 1. The molecule has 3 heteroatoms. The van der Waals surface area contributed by atoms with Crippen LogP contribution in [0.5, 0.6) is 11.5 Å². The third-order valence-corrected chi connectivity index (χ3v) is 3.07. The molecule has 0 spiro atoms. The van der Waals surface area contributed by atoms with Gasteiger partial charge in [0.05, 0.1) is 17.2 Å². The van der Waals surface area contributed by atoms with E-state index in [9.17, 15) is 4.79 Å². The van der Waals surface area contributed by atoms with Crippen LogP contribution < -0.4 is 4.74 Å². The van der Waals surface area contributed by atoms with Crippen molar-refractivity contribution in [2.45, 2.75) is 20.8 Å². The van der Waals surface area contributed by atoms with Crippen LogP contribution in [-0.4, -0.2) is 5.78 Å². The summed E-state index contributed by atoms with van der Waals surface area (Å²) in [7, 11) is 0. The first-order valence-electron chi connectivity index (χ1n) is 6.32. The number of nitriles is 1. The molecule has 2 rings (SSSR count). The quantitative estimate of drug-likeness (QED) is 0.782. The van der Waals surface area contributed by atoms with Gasteiger partial charge in [0, 0.05) is 0 Å². The summed E-state index contributed by atoms with van der Waals surface area (Å²) in [5, 5.41) is 8.95. The maximum Gasteiger partial charge on any atom is 0.163 e. The van der Waals surface area contributed by atoms with Gasteiger partial charge in [-0.05, 0) is 56.2 Å². The number of nitrogens with zero attached hydrogens (tertiary/aromatic N) is 1. The molecule has 3 nitrogen and oxygen atoms in total. The molecule has 0 fully saturated rings. The lowest BCUT2D eigenvalue weighted by molar-refractivity contribution is 0.101. The predicted octanol–water partition coefficient (Wildman–Crippen LogP) is 4.17. The summed E-state index contributed by atoms with van der Waals surface area (Å²) < 4.78 is 5.90. The van der Waals surface area contributed by atoms with Gasteiger partial charge < -0.3 is 4.74 Å². The van der Waals surface area contributed by atoms with E-state index in [0.29, 0.717) is 22.6 Å². The Labute approximate surface area is 118 Å². The van der Waals surface area contributed by atoms with Gasteiger partial charge in [0.25, 0.3) is 0 Å².